The van der Waals surface area contributed by atoms with Crippen LogP contribution in [0.1, 0.15) is 36.7 Å². The minimum Gasteiger partial charge on any atom is -0.469 e. The first kappa shape index (κ1) is 23.0. The van der Waals surface area contributed by atoms with Gasteiger partial charge in [0.15, 0.2) is 5.96 Å². The monoisotopic (exact) mass is 437 g/mol. The number of benzene rings is 1. The second-order valence-electron chi connectivity index (χ2n) is 7.28. The molecule has 0 amide bonds. The summed E-state index contributed by atoms with van der Waals surface area (Å²) in [5.41, 5.74) is 0.566. The molecule has 31 heavy (non-hydrogen) atoms. The van der Waals surface area contributed by atoms with Gasteiger partial charge < -0.3 is 29.6 Å². The third-order valence-electron chi connectivity index (χ3n) is 4.93. The highest BCUT2D eigenvalue weighted by molar-refractivity contribution is 5.79. The summed E-state index contributed by atoms with van der Waals surface area (Å²) in [6.45, 7) is -0.761. The Morgan fingerprint density at radius 2 is 2.03 bits per heavy atom. The van der Waals surface area contributed by atoms with Crippen LogP contribution < -0.4 is 15.4 Å². The van der Waals surface area contributed by atoms with Crippen molar-refractivity contribution in [3.8, 4) is 5.75 Å². The number of ether oxygens (including phenoxy) is 2. The molecule has 0 spiro atoms. The highest BCUT2D eigenvalue weighted by Gasteiger charge is 2.15. The van der Waals surface area contributed by atoms with Gasteiger partial charge in [-0.1, -0.05) is 12.1 Å². The lowest BCUT2D eigenvalue weighted by molar-refractivity contribution is -0.0498. The van der Waals surface area contributed by atoms with Crippen molar-refractivity contribution in [1.29, 1.82) is 0 Å². The molecule has 3 N–H and O–H groups in total. The molecule has 0 bridgehead atoms. The maximum absolute atomic E-state index is 12.3. The average Bonchev–Trinajstić information content (AvgIpc) is 3.29. The van der Waals surface area contributed by atoms with E-state index in [1.165, 1.54) is 12.1 Å². The largest absolute Gasteiger partial charge is 0.469 e. The SMILES string of the molecule is OC(CN=C(NCCc1ccco1)NCC1CCCCO1)c1ccc(OC(F)F)cc1. The van der Waals surface area contributed by atoms with E-state index in [-0.39, 0.29) is 18.4 Å². The van der Waals surface area contributed by atoms with Crippen molar-refractivity contribution in [2.24, 2.45) is 4.99 Å². The lowest BCUT2D eigenvalue weighted by atomic mass is 10.1. The van der Waals surface area contributed by atoms with Gasteiger partial charge in [-0.3, -0.25) is 4.99 Å². The summed E-state index contributed by atoms with van der Waals surface area (Å²) in [4.78, 5) is 4.48. The molecule has 2 atom stereocenters. The number of halogens is 2. The van der Waals surface area contributed by atoms with Gasteiger partial charge in [0.25, 0.3) is 0 Å². The second-order valence-corrected chi connectivity index (χ2v) is 7.28. The number of hydrogen-bond acceptors (Lipinski definition) is 5. The summed E-state index contributed by atoms with van der Waals surface area (Å²) < 4.78 is 40.0. The van der Waals surface area contributed by atoms with E-state index in [0.29, 0.717) is 31.0 Å². The maximum atomic E-state index is 12.3. The molecule has 2 heterocycles. The van der Waals surface area contributed by atoms with Gasteiger partial charge in [-0.15, -0.1) is 0 Å². The Labute approximate surface area is 180 Å². The number of guanidine groups is 1. The van der Waals surface area contributed by atoms with Gasteiger partial charge in [0, 0.05) is 26.1 Å². The van der Waals surface area contributed by atoms with Crippen molar-refractivity contribution < 1.29 is 27.8 Å². The quantitative estimate of drug-likeness (QED) is 0.391. The molecule has 1 aliphatic heterocycles. The molecule has 0 aliphatic carbocycles. The zero-order chi connectivity index (χ0) is 21.9. The maximum Gasteiger partial charge on any atom is 0.387 e. The van der Waals surface area contributed by atoms with Crippen LogP contribution in [0.5, 0.6) is 5.75 Å². The van der Waals surface area contributed by atoms with E-state index in [2.05, 4.69) is 20.4 Å². The van der Waals surface area contributed by atoms with Crippen LogP contribution >= 0.6 is 0 Å². The first-order valence-corrected chi connectivity index (χ1v) is 10.5. The fourth-order valence-corrected chi connectivity index (χ4v) is 3.27. The van der Waals surface area contributed by atoms with E-state index in [4.69, 9.17) is 9.15 Å². The zero-order valence-corrected chi connectivity index (χ0v) is 17.3. The molecule has 3 rings (SSSR count). The Balaban J connectivity index is 1.54. The summed E-state index contributed by atoms with van der Waals surface area (Å²) in [5, 5.41) is 17.0. The minimum absolute atomic E-state index is 0.0453. The van der Waals surface area contributed by atoms with Gasteiger partial charge in [-0.05, 0) is 49.1 Å². The number of hydrogen-bond donors (Lipinski definition) is 3. The Morgan fingerprint density at radius 1 is 1.19 bits per heavy atom. The van der Waals surface area contributed by atoms with Crippen LogP contribution in [0, 0.1) is 0 Å². The standard InChI is InChI=1S/C22H29F2N3O4/c23-21(24)31-18-8-6-16(7-9-18)20(28)15-27-22(25-11-10-17-5-3-13-29-17)26-14-19-4-1-2-12-30-19/h3,5-9,13,19-21,28H,1-2,4,10-12,14-15H2,(H2,25,26,27). The van der Waals surface area contributed by atoms with Crippen molar-refractivity contribution >= 4 is 5.96 Å². The molecular weight excluding hydrogens is 408 g/mol. The number of aliphatic hydroxyl groups is 1. The predicted molar refractivity (Wildman–Crippen MR) is 112 cm³/mol. The first-order chi connectivity index (χ1) is 15.1. The predicted octanol–water partition coefficient (Wildman–Crippen LogP) is 3.26. The Bertz CT molecular complexity index is 779. The van der Waals surface area contributed by atoms with Gasteiger partial charge >= 0.3 is 6.61 Å². The lowest BCUT2D eigenvalue weighted by Gasteiger charge is -2.24. The average molecular weight is 437 g/mol. The van der Waals surface area contributed by atoms with Crippen LogP contribution in [0.4, 0.5) is 8.78 Å². The van der Waals surface area contributed by atoms with Crippen molar-refractivity contribution in [3.63, 3.8) is 0 Å². The van der Waals surface area contributed by atoms with Crippen molar-refractivity contribution in [2.75, 3.05) is 26.2 Å². The Kier molecular flexibility index (Phi) is 9.11. The lowest BCUT2D eigenvalue weighted by Crippen LogP contribution is -2.43. The van der Waals surface area contributed by atoms with Crippen LogP contribution in [0.2, 0.25) is 0 Å². The number of nitrogens with zero attached hydrogens (tertiary/aromatic N) is 1. The van der Waals surface area contributed by atoms with E-state index in [1.807, 2.05) is 12.1 Å². The number of aliphatic hydroxyl groups excluding tert-OH is 1. The summed E-state index contributed by atoms with van der Waals surface area (Å²) in [6, 6.07) is 9.64. The first-order valence-electron chi connectivity index (χ1n) is 10.5. The highest BCUT2D eigenvalue weighted by atomic mass is 19.3. The molecule has 170 valence electrons. The van der Waals surface area contributed by atoms with E-state index in [0.717, 1.165) is 31.6 Å². The molecule has 0 radical (unpaired) electrons. The van der Waals surface area contributed by atoms with Crippen molar-refractivity contribution in [2.45, 2.75) is 44.5 Å². The minimum atomic E-state index is -2.88. The van der Waals surface area contributed by atoms with E-state index in [9.17, 15) is 13.9 Å². The molecule has 9 heteroatoms. The normalized spacial score (nSPS) is 18.1. The molecule has 7 nitrogen and oxygen atoms in total. The smallest absolute Gasteiger partial charge is 0.387 e. The number of furan rings is 1. The molecule has 2 unspecified atom stereocenters. The summed E-state index contributed by atoms with van der Waals surface area (Å²) in [6.07, 6.45) is 4.83. The Morgan fingerprint density at radius 3 is 2.71 bits per heavy atom. The molecule has 1 aliphatic rings. The fourth-order valence-electron chi connectivity index (χ4n) is 3.27. The summed E-state index contributed by atoms with van der Waals surface area (Å²) >= 11 is 0. The van der Waals surface area contributed by atoms with Gasteiger partial charge in [0.05, 0.1) is 25.0 Å². The number of rotatable bonds is 10. The highest BCUT2D eigenvalue weighted by Crippen LogP contribution is 2.19. The number of alkyl halides is 2. The van der Waals surface area contributed by atoms with Gasteiger partial charge in [0.1, 0.15) is 11.5 Å². The molecular formula is C22H29F2N3O4. The van der Waals surface area contributed by atoms with E-state index < -0.39 is 12.7 Å². The van der Waals surface area contributed by atoms with Crippen LogP contribution in [0.15, 0.2) is 52.1 Å². The third kappa shape index (κ3) is 8.18. The Hall–Kier alpha value is -2.65. The van der Waals surface area contributed by atoms with Gasteiger partial charge in [-0.25, -0.2) is 0 Å². The summed E-state index contributed by atoms with van der Waals surface area (Å²) in [5.74, 6) is 1.48. The molecule has 1 aromatic heterocycles. The topological polar surface area (TPSA) is 88.3 Å². The number of aliphatic imine (C=N–C) groups is 1. The van der Waals surface area contributed by atoms with E-state index >= 15 is 0 Å². The van der Waals surface area contributed by atoms with Crippen LogP contribution in [0.25, 0.3) is 0 Å². The van der Waals surface area contributed by atoms with Gasteiger partial charge in [0.2, 0.25) is 0 Å². The molecule has 1 aromatic carbocycles. The molecule has 2 aromatic rings. The zero-order valence-electron chi connectivity index (χ0n) is 17.3. The van der Waals surface area contributed by atoms with Gasteiger partial charge in [-0.2, -0.15) is 8.78 Å². The van der Waals surface area contributed by atoms with Crippen molar-refractivity contribution in [1.82, 2.24) is 10.6 Å². The van der Waals surface area contributed by atoms with Crippen LogP contribution in [-0.2, 0) is 11.2 Å². The third-order valence-corrected chi connectivity index (χ3v) is 4.93. The second kappa shape index (κ2) is 12.3. The summed E-state index contributed by atoms with van der Waals surface area (Å²) in [7, 11) is 0. The molecule has 1 saturated heterocycles. The van der Waals surface area contributed by atoms with Crippen LogP contribution in [-0.4, -0.2) is 50.0 Å². The van der Waals surface area contributed by atoms with Crippen molar-refractivity contribution in [3.05, 3.63) is 54.0 Å². The van der Waals surface area contributed by atoms with Crippen LogP contribution in [0.3, 0.4) is 0 Å². The number of nitrogens with one attached hydrogen (secondary N) is 2. The fraction of sp³-hybridized carbons (Fsp3) is 0.500. The molecule has 0 saturated carbocycles. The molecule has 1 fully saturated rings. The van der Waals surface area contributed by atoms with E-state index in [1.54, 1.807) is 18.4 Å².